The van der Waals surface area contributed by atoms with Gasteiger partial charge in [0.05, 0.1) is 18.9 Å². The van der Waals surface area contributed by atoms with Gasteiger partial charge >= 0.3 is 5.97 Å². The maximum Gasteiger partial charge on any atom is 0.315 e. The van der Waals surface area contributed by atoms with Crippen molar-refractivity contribution >= 4 is 23.6 Å². The number of methoxy groups -OCH3 is 1. The number of nitrogens with zero attached hydrogens (tertiary/aromatic N) is 1. The van der Waals surface area contributed by atoms with Crippen LogP contribution in [-0.4, -0.2) is 48.0 Å². The number of benzene rings is 1. The molecule has 0 N–H and O–H groups in total. The highest BCUT2D eigenvalue weighted by molar-refractivity contribution is 7.99. The minimum Gasteiger partial charge on any atom is -0.491 e. The minimum absolute atomic E-state index is 0.0329. The van der Waals surface area contributed by atoms with Crippen molar-refractivity contribution in [3.63, 3.8) is 0 Å². The Balaban J connectivity index is 1.89. The maximum absolute atomic E-state index is 12.4. The van der Waals surface area contributed by atoms with Crippen LogP contribution >= 0.6 is 11.8 Å². The number of para-hydroxylation sites is 1. The monoisotopic (exact) mass is 323 g/mol. The molecule has 1 atom stereocenters. The van der Waals surface area contributed by atoms with Crippen molar-refractivity contribution in [2.24, 2.45) is 0 Å². The summed E-state index contributed by atoms with van der Waals surface area (Å²) < 4.78 is 10.3. The number of carbonyl (C=O) groups is 2. The molecule has 0 aliphatic carbocycles. The van der Waals surface area contributed by atoms with E-state index >= 15 is 0 Å². The molecule has 1 amide bonds. The molecule has 0 bridgehead atoms. The molecule has 22 heavy (non-hydrogen) atoms. The van der Waals surface area contributed by atoms with E-state index in [-0.39, 0.29) is 23.7 Å². The van der Waals surface area contributed by atoms with Gasteiger partial charge in [-0.3, -0.25) is 9.59 Å². The topological polar surface area (TPSA) is 55.8 Å². The molecule has 120 valence electrons. The van der Waals surface area contributed by atoms with E-state index in [9.17, 15) is 9.59 Å². The van der Waals surface area contributed by atoms with Gasteiger partial charge in [-0.1, -0.05) is 18.2 Å². The fraction of sp³-hybridized carbons (Fsp3) is 0.500. The lowest BCUT2D eigenvalue weighted by atomic mass is 10.1. The summed E-state index contributed by atoms with van der Waals surface area (Å²) in [5.74, 6) is 1.57. The van der Waals surface area contributed by atoms with Gasteiger partial charge in [-0.05, 0) is 13.0 Å². The highest BCUT2D eigenvalue weighted by Crippen LogP contribution is 2.25. The smallest absolute Gasteiger partial charge is 0.315 e. The van der Waals surface area contributed by atoms with Crippen molar-refractivity contribution in [1.82, 2.24) is 4.90 Å². The van der Waals surface area contributed by atoms with Gasteiger partial charge in [0.2, 0.25) is 5.91 Å². The van der Waals surface area contributed by atoms with Crippen LogP contribution in [0.15, 0.2) is 24.3 Å². The van der Waals surface area contributed by atoms with Gasteiger partial charge in [-0.15, -0.1) is 11.8 Å². The van der Waals surface area contributed by atoms with Gasteiger partial charge in [0.25, 0.3) is 0 Å². The van der Waals surface area contributed by atoms with Crippen LogP contribution in [0, 0.1) is 0 Å². The van der Waals surface area contributed by atoms with Crippen molar-refractivity contribution in [2.75, 3.05) is 25.2 Å². The first-order valence-electron chi connectivity index (χ1n) is 7.26. The Morgan fingerprint density at radius 2 is 2.18 bits per heavy atom. The summed E-state index contributed by atoms with van der Waals surface area (Å²) in [7, 11) is 1.37. The predicted molar refractivity (Wildman–Crippen MR) is 85.9 cm³/mol. The molecular formula is C16H21NO4S. The largest absolute Gasteiger partial charge is 0.491 e. The number of ether oxygens (including phenoxy) is 2. The van der Waals surface area contributed by atoms with E-state index in [0.717, 1.165) is 11.3 Å². The highest BCUT2D eigenvalue weighted by atomic mass is 32.2. The highest BCUT2D eigenvalue weighted by Gasteiger charge is 2.25. The third-order valence-corrected chi connectivity index (χ3v) is 4.49. The number of carbonyl (C=O) groups excluding carboxylic acids is 2. The number of rotatable bonds is 5. The van der Waals surface area contributed by atoms with Crippen LogP contribution in [0.5, 0.6) is 5.75 Å². The molecular weight excluding hydrogens is 302 g/mol. The third kappa shape index (κ3) is 4.40. The van der Waals surface area contributed by atoms with Gasteiger partial charge < -0.3 is 14.4 Å². The molecule has 2 rings (SSSR count). The van der Waals surface area contributed by atoms with Crippen molar-refractivity contribution in [2.45, 2.75) is 25.9 Å². The lowest BCUT2D eigenvalue weighted by Gasteiger charge is -2.26. The fourth-order valence-corrected chi connectivity index (χ4v) is 3.01. The molecule has 5 nitrogen and oxygen atoms in total. The van der Waals surface area contributed by atoms with Gasteiger partial charge in [-0.25, -0.2) is 0 Å². The molecule has 1 aliphatic heterocycles. The van der Waals surface area contributed by atoms with E-state index in [2.05, 4.69) is 4.74 Å². The number of thioether (sulfide) groups is 1. The Labute approximate surface area is 135 Å². The van der Waals surface area contributed by atoms with Crippen molar-refractivity contribution in [3.05, 3.63) is 29.8 Å². The van der Waals surface area contributed by atoms with Gasteiger partial charge in [0.15, 0.2) is 0 Å². The molecule has 0 unspecified atom stereocenters. The second-order valence-corrected chi connectivity index (χ2v) is 6.27. The molecule has 6 heteroatoms. The quantitative estimate of drug-likeness (QED) is 0.613. The summed E-state index contributed by atoms with van der Waals surface area (Å²) in [6.07, 6.45) is 0.411. The Morgan fingerprint density at radius 3 is 2.95 bits per heavy atom. The summed E-state index contributed by atoms with van der Waals surface area (Å²) >= 11 is 1.42. The van der Waals surface area contributed by atoms with E-state index in [1.54, 1.807) is 0 Å². The van der Waals surface area contributed by atoms with Crippen LogP contribution in [-0.2, 0) is 20.9 Å². The maximum atomic E-state index is 12.4. The molecule has 0 radical (unpaired) electrons. The first-order chi connectivity index (χ1) is 10.6. The molecule has 1 aromatic rings. The average molecular weight is 323 g/mol. The normalized spacial score (nSPS) is 17.2. The SMILES string of the molecule is COC(=O)CSCCC(=O)N1Cc2ccccc2OC[C@H]1C. The lowest BCUT2D eigenvalue weighted by Crippen LogP contribution is -2.40. The Morgan fingerprint density at radius 1 is 1.41 bits per heavy atom. The predicted octanol–water partition coefficient (Wildman–Crippen LogP) is 2.09. The first-order valence-corrected chi connectivity index (χ1v) is 8.42. The fourth-order valence-electron chi connectivity index (χ4n) is 2.27. The van der Waals surface area contributed by atoms with E-state index in [1.165, 1.54) is 18.9 Å². The zero-order valence-corrected chi connectivity index (χ0v) is 13.7. The van der Waals surface area contributed by atoms with Crippen molar-refractivity contribution < 1.29 is 19.1 Å². The summed E-state index contributed by atoms with van der Waals surface area (Å²) in [5.41, 5.74) is 1.03. The molecule has 0 spiro atoms. The number of hydrogen-bond acceptors (Lipinski definition) is 5. The Bertz CT molecular complexity index is 535. The van der Waals surface area contributed by atoms with E-state index < -0.39 is 0 Å². The standard InChI is InChI=1S/C16H21NO4S/c1-12-10-21-14-6-4-3-5-13(14)9-17(12)15(18)7-8-22-11-16(19)20-2/h3-6,12H,7-11H2,1-2H3/t12-/m1/s1. The third-order valence-electron chi connectivity index (χ3n) is 3.55. The van der Waals surface area contributed by atoms with Crippen LogP contribution in [0.4, 0.5) is 0 Å². The Hall–Kier alpha value is -1.69. The molecule has 0 fully saturated rings. The van der Waals surface area contributed by atoms with E-state index in [0.29, 0.717) is 25.3 Å². The summed E-state index contributed by atoms with van der Waals surface area (Å²) in [6.45, 7) is 3.06. The van der Waals surface area contributed by atoms with Crippen LogP contribution in [0.3, 0.4) is 0 Å². The molecule has 1 aromatic carbocycles. The van der Waals surface area contributed by atoms with Crippen molar-refractivity contribution in [1.29, 1.82) is 0 Å². The first kappa shape index (κ1) is 16.7. The second kappa shape index (κ2) is 8.08. The average Bonchev–Trinajstić information content (AvgIpc) is 2.70. The minimum atomic E-state index is -0.261. The zero-order chi connectivity index (χ0) is 15.9. The second-order valence-electron chi connectivity index (χ2n) is 5.17. The molecule has 1 heterocycles. The lowest BCUT2D eigenvalue weighted by molar-refractivity contribution is -0.137. The van der Waals surface area contributed by atoms with E-state index in [4.69, 9.17) is 4.74 Å². The molecule has 1 aliphatic rings. The van der Waals surface area contributed by atoms with Crippen molar-refractivity contribution in [3.8, 4) is 5.75 Å². The number of hydrogen-bond donors (Lipinski definition) is 0. The molecule has 0 saturated heterocycles. The number of amides is 1. The molecule has 0 saturated carbocycles. The number of fused-ring (bicyclic) bond motifs is 1. The summed E-state index contributed by atoms with van der Waals surface area (Å²) in [6, 6.07) is 7.84. The zero-order valence-electron chi connectivity index (χ0n) is 12.9. The summed E-state index contributed by atoms with van der Waals surface area (Å²) in [4.78, 5) is 25.3. The van der Waals surface area contributed by atoms with Crippen LogP contribution < -0.4 is 4.74 Å². The van der Waals surface area contributed by atoms with Gasteiger partial charge in [0, 0.05) is 24.3 Å². The van der Waals surface area contributed by atoms with Gasteiger partial charge in [-0.2, -0.15) is 0 Å². The van der Waals surface area contributed by atoms with Gasteiger partial charge in [0.1, 0.15) is 12.4 Å². The van der Waals surface area contributed by atoms with E-state index in [1.807, 2.05) is 36.1 Å². The summed E-state index contributed by atoms with van der Waals surface area (Å²) in [5, 5.41) is 0. The van der Waals surface area contributed by atoms with Crippen LogP contribution in [0.2, 0.25) is 0 Å². The van der Waals surface area contributed by atoms with Crippen LogP contribution in [0.1, 0.15) is 18.9 Å². The molecule has 0 aromatic heterocycles. The Kier molecular flexibility index (Phi) is 6.12. The van der Waals surface area contributed by atoms with Crippen LogP contribution in [0.25, 0.3) is 0 Å². The number of esters is 1.